The van der Waals surface area contributed by atoms with Crippen molar-refractivity contribution in [2.24, 2.45) is 0 Å². The molecule has 0 aliphatic carbocycles. The first kappa shape index (κ1) is 16.3. The number of esters is 1. The minimum atomic E-state index is -0.597. The highest BCUT2D eigenvalue weighted by molar-refractivity contribution is 7.15. The Bertz CT molecular complexity index is 878. The van der Waals surface area contributed by atoms with Crippen LogP contribution in [0.25, 0.3) is 10.6 Å². The summed E-state index contributed by atoms with van der Waals surface area (Å²) in [5, 5.41) is 0.248. The second-order valence-electron chi connectivity index (χ2n) is 5.07. The van der Waals surface area contributed by atoms with Gasteiger partial charge in [0.05, 0.1) is 7.11 Å². The van der Waals surface area contributed by atoms with Crippen LogP contribution < -0.4 is 0 Å². The summed E-state index contributed by atoms with van der Waals surface area (Å²) in [5.41, 5.74) is 1.15. The molecule has 3 nitrogen and oxygen atoms in total. The molecule has 0 aliphatic rings. The van der Waals surface area contributed by atoms with E-state index in [0.717, 1.165) is 35.1 Å². The minimum absolute atomic E-state index is 0.0319. The number of halogens is 2. The number of carbonyl (C=O) groups excluding carboxylic acids is 1. The maximum Gasteiger partial charge on any atom is 0.357 e. The van der Waals surface area contributed by atoms with E-state index in [4.69, 9.17) is 4.74 Å². The highest BCUT2D eigenvalue weighted by Gasteiger charge is 2.21. The molecule has 0 saturated carbocycles. The molecule has 0 radical (unpaired) electrons. The van der Waals surface area contributed by atoms with Crippen LogP contribution in [0.15, 0.2) is 48.5 Å². The van der Waals surface area contributed by atoms with E-state index in [9.17, 15) is 13.6 Å². The van der Waals surface area contributed by atoms with Crippen molar-refractivity contribution in [3.8, 4) is 10.6 Å². The van der Waals surface area contributed by atoms with Crippen molar-refractivity contribution in [3.05, 3.63) is 76.3 Å². The van der Waals surface area contributed by atoms with Crippen molar-refractivity contribution in [2.75, 3.05) is 7.11 Å². The van der Waals surface area contributed by atoms with E-state index in [1.807, 2.05) is 30.3 Å². The number of ether oxygens (including phenoxy) is 1. The quantitative estimate of drug-likeness (QED) is 0.655. The zero-order valence-corrected chi connectivity index (χ0v) is 13.6. The smallest absolute Gasteiger partial charge is 0.357 e. The number of methoxy groups -OCH3 is 1. The number of nitrogens with zero attached hydrogens (tertiary/aromatic N) is 1. The molecule has 3 rings (SSSR count). The predicted octanol–water partition coefficient (Wildman–Crippen LogP) is 4.47. The average molecular weight is 345 g/mol. The van der Waals surface area contributed by atoms with Crippen LogP contribution in [0.2, 0.25) is 0 Å². The van der Waals surface area contributed by atoms with E-state index < -0.39 is 17.6 Å². The van der Waals surface area contributed by atoms with Gasteiger partial charge in [0.1, 0.15) is 16.6 Å². The molecular formula is C18H13F2NO2S. The van der Waals surface area contributed by atoms with Gasteiger partial charge in [0.2, 0.25) is 0 Å². The molecule has 0 fully saturated rings. The first-order valence-corrected chi connectivity index (χ1v) is 7.97. The Morgan fingerprint density at radius 1 is 1.17 bits per heavy atom. The third kappa shape index (κ3) is 3.33. The van der Waals surface area contributed by atoms with Gasteiger partial charge in [0.25, 0.3) is 0 Å². The van der Waals surface area contributed by atoms with Crippen molar-refractivity contribution in [1.82, 2.24) is 4.98 Å². The van der Waals surface area contributed by atoms with Gasteiger partial charge in [0, 0.05) is 16.9 Å². The number of benzene rings is 2. The Labute approximate surface area is 141 Å². The summed E-state index contributed by atoms with van der Waals surface area (Å²) in [6.07, 6.45) is 0.458. The summed E-state index contributed by atoms with van der Waals surface area (Å²) in [7, 11) is 1.26. The van der Waals surface area contributed by atoms with E-state index >= 15 is 0 Å². The van der Waals surface area contributed by atoms with Gasteiger partial charge in [-0.15, -0.1) is 11.3 Å². The van der Waals surface area contributed by atoms with E-state index in [2.05, 4.69) is 4.98 Å². The predicted molar refractivity (Wildman–Crippen MR) is 88.1 cm³/mol. The molecule has 122 valence electrons. The standard InChI is InChI=1S/C18H13F2NO2S/c1-23-18(22)16-15(9-11-5-3-2-4-6-11)24-17(21-16)13-10-12(19)7-8-14(13)20/h2-8,10H,9H2,1H3. The molecule has 0 atom stereocenters. The van der Waals surface area contributed by atoms with Gasteiger partial charge in [-0.25, -0.2) is 18.6 Å². The third-order valence-electron chi connectivity index (χ3n) is 3.44. The molecular weight excluding hydrogens is 332 g/mol. The fraction of sp³-hybridized carbons (Fsp3) is 0.111. The van der Waals surface area contributed by atoms with Gasteiger partial charge < -0.3 is 4.74 Å². The molecule has 1 heterocycles. The summed E-state index contributed by atoms with van der Waals surface area (Å²) in [4.78, 5) is 16.8. The van der Waals surface area contributed by atoms with E-state index in [-0.39, 0.29) is 16.3 Å². The molecule has 2 aromatic carbocycles. The number of rotatable bonds is 4. The Balaban J connectivity index is 2.06. The lowest BCUT2D eigenvalue weighted by molar-refractivity contribution is 0.0594. The summed E-state index contributed by atoms with van der Waals surface area (Å²) in [6.45, 7) is 0. The van der Waals surface area contributed by atoms with Gasteiger partial charge in [-0.3, -0.25) is 0 Å². The van der Waals surface area contributed by atoms with E-state index in [1.165, 1.54) is 7.11 Å². The van der Waals surface area contributed by atoms with Gasteiger partial charge in [-0.1, -0.05) is 30.3 Å². The molecule has 0 unspecified atom stereocenters. The molecule has 0 saturated heterocycles. The van der Waals surface area contributed by atoms with Crippen molar-refractivity contribution < 1.29 is 18.3 Å². The molecule has 24 heavy (non-hydrogen) atoms. The number of hydrogen-bond acceptors (Lipinski definition) is 4. The van der Waals surface area contributed by atoms with Gasteiger partial charge >= 0.3 is 5.97 Å². The summed E-state index contributed by atoms with van der Waals surface area (Å²) < 4.78 is 32.2. The van der Waals surface area contributed by atoms with Crippen LogP contribution in [-0.4, -0.2) is 18.1 Å². The lowest BCUT2D eigenvalue weighted by Crippen LogP contribution is -2.05. The molecule has 1 aromatic heterocycles. The highest BCUT2D eigenvalue weighted by atomic mass is 32.1. The monoisotopic (exact) mass is 345 g/mol. The zero-order chi connectivity index (χ0) is 17.1. The van der Waals surface area contributed by atoms with Crippen molar-refractivity contribution in [1.29, 1.82) is 0 Å². The normalized spacial score (nSPS) is 10.6. The number of aromatic nitrogens is 1. The Hall–Kier alpha value is -2.60. The van der Waals surface area contributed by atoms with Gasteiger partial charge in [-0.05, 0) is 23.8 Å². The number of carbonyl (C=O) groups is 1. The lowest BCUT2D eigenvalue weighted by Gasteiger charge is -2.00. The van der Waals surface area contributed by atoms with Crippen LogP contribution >= 0.6 is 11.3 Å². The second kappa shape index (κ2) is 6.88. The minimum Gasteiger partial charge on any atom is -0.464 e. The maximum absolute atomic E-state index is 14.0. The second-order valence-corrected chi connectivity index (χ2v) is 6.15. The number of hydrogen-bond donors (Lipinski definition) is 0. The summed E-state index contributed by atoms with van der Waals surface area (Å²) >= 11 is 1.16. The Kier molecular flexibility index (Phi) is 4.66. The van der Waals surface area contributed by atoms with Crippen molar-refractivity contribution >= 4 is 17.3 Å². The Morgan fingerprint density at radius 3 is 2.62 bits per heavy atom. The average Bonchev–Trinajstić information content (AvgIpc) is 3.01. The SMILES string of the molecule is COC(=O)c1nc(-c2cc(F)ccc2F)sc1Cc1ccccc1. The molecule has 3 aromatic rings. The van der Waals surface area contributed by atoms with Gasteiger partial charge in [0.15, 0.2) is 5.69 Å². The molecule has 0 N–H and O–H groups in total. The van der Waals surface area contributed by atoms with Crippen LogP contribution in [0.5, 0.6) is 0 Å². The van der Waals surface area contributed by atoms with Gasteiger partial charge in [-0.2, -0.15) is 0 Å². The van der Waals surface area contributed by atoms with Crippen LogP contribution in [0.4, 0.5) is 8.78 Å². The maximum atomic E-state index is 14.0. The third-order valence-corrected chi connectivity index (χ3v) is 4.53. The topological polar surface area (TPSA) is 39.2 Å². The molecule has 0 bridgehead atoms. The Morgan fingerprint density at radius 2 is 1.92 bits per heavy atom. The molecule has 0 amide bonds. The van der Waals surface area contributed by atoms with Crippen LogP contribution in [-0.2, 0) is 11.2 Å². The molecule has 6 heteroatoms. The molecule has 0 aliphatic heterocycles. The van der Waals surface area contributed by atoms with Crippen molar-refractivity contribution in [2.45, 2.75) is 6.42 Å². The summed E-state index contributed by atoms with van der Waals surface area (Å²) in [5.74, 6) is -1.75. The molecule has 0 spiro atoms. The number of thiazole rings is 1. The summed E-state index contributed by atoms with van der Waals surface area (Å²) in [6, 6.07) is 12.7. The zero-order valence-electron chi connectivity index (χ0n) is 12.8. The van der Waals surface area contributed by atoms with Crippen molar-refractivity contribution in [3.63, 3.8) is 0 Å². The first-order valence-electron chi connectivity index (χ1n) is 7.16. The van der Waals surface area contributed by atoms with Crippen LogP contribution in [0.1, 0.15) is 20.9 Å². The van der Waals surface area contributed by atoms with E-state index in [0.29, 0.717) is 11.3 Å². The fourth-order valence-electron chi connectivity index (χ4n) is 2.29. The lowest BCUT2D eigenvalue weighted by atomic mass is 10.1. The first-order chi connectivity index (χ1) is 11.6. The largest absolute Gasteiger partial charge is 0.464 e. The fourth-order valence-corrected chi connectivity index (χ4v) is 3.39. The highest BCUT2D eigenvalue weighted by Crippen LogP contribution is 2.32. The van der Waals surface area contributed by atoms with Crippen LogP contribution in [0, 0.1) is 11.6 Å². The van der Waals surface area contributed by atoms with E-state index in [1.54, 1.807) is 0 Å². The van der Waals surface area contributed by atoms with Crippen LogP contribution in [0.3, 0.4) is 0 Å².